The van der Waals surface area contributed by atoms with Crippen molar-refractivity contribution in [3.8, 4) is 0 Å². The van der Waals surface area contributed by atoms with E-state index in [1.165, 1.54) is 25.2 Å². The number of carbonyl (C=O) groups excluding carboxylic acids is 4. The highest BCUT2D eigenvalue weighted by Crippen LogP contribution is 2.38. The summed E-state index contributed by atoms with van der Waals surface area (Å²) in [7, 11) is 0. The van der Waals surface area contributed by atoms with E-state index in [2.05, 4.69) is 10.6 Å². The van der Waals surface area contributed by atoms with Gasteiger partial charge in [0.05, 0.1) is 5.56 Å². The summed E-state index contributed by atoms with van der Waals surface area (Å²) in [5, 5.41) is 5.79. The number of ether oxygens (including phenoxy) is 1. The zero-order valence-corrected chi connectivity index (χ0v) is 17.1. The second-order valence-electron chi connectivity index (χ2n) is 6.86. The molecule has 2 N–H and O–H groups in total. The van der Waals surface area contributed by atoms with Gasteiger partial charge in [0, 0.05) is 23.1 Å². The summed E-state index contributed by atoms with van der Waals surface area (Å²) in [6.07, 6.45) is 3.63. The Labute approximate surface area is 172 Å². The third-order valence-corrected chi connectivity index (χ3v) is 5.76. The average Bonchev–Trinajstić information content (AvgIpc) is 3.03. The Bertz CT molecular complexity index is 979. The molecule has 0 saturated carbocycles. The number of amides is 2. The molecule has 0 spiro atoms. The smallest absolute Gasteiger partial charge is 0.341 e. The number of esters is 1. The van der Waals surface area contributed by atoms with Crippen molar-refractivity contribution in [3.05, 3.63) is 45.8 Å². The van der Waals surface area contributed by atoms with Crippen molar-refractivity contribution in [2.45, 2.75) is 39.5 Å². The maximum atomic E-state index is 12.7. The van der Waals surface area contributed by atoms with Crippen LogP contribution in [-0.4, -0.2) is 30.2 Å². The monoisotopic (exact) mass is 414 g/mol. The van der Waals surface area contributed by atoms with Crippen LogP contribution in [0.5, 0.6) is 0 Å². The van der Waals surface area contributed by atoms with Gasteiger partial charge in [0.1, 0.15) is 5.00 Å². The van der Waals surface area contributed by atoms with Gasteiger partial charge in [-0.25, -0.2) is 4.79 Å². The van der Waals surface area contributed by atoms with E-state index in [0.717, 1.165) is 36.1 Å². The molecule has 0 atom stereocenters. The number of thiophene rings is 1. The average molecular weight is 414 g/mol. The summed E-state index contributed by atoms with van der Waals surface area (Å²) in [6.45, 7) is 2.36. The Kier molecular flexibility index (Phi) is 6.43. The predicted molar refractivity (Wildman–Crippen MR) is 111 cm³/mol. The van der Waals surface area contributed by atoms with Gasteiger partial charge in [0.2, 0.25) is 5.91 Å². The summed E-state index contributed by atoms with van der Waals surface area (Å²) in [6, 6.07) is 6.53. The van der Waals surface area contributed by atoms with E-state index in [0.29, 0.717) is 21.8 Å². The molecule has 8 heteroatoms. The zero-order chi connectivity index (χ0) is 21.0. The minimum atomic E-state index is -0.624. The molecule has 0 saturated heterocycles. The quantitative estimate of drug-likeness (QED) is 0.556. The van der Waals surface area contributed by atoms with Gasteiger partial charge in [0.15, 0.2) is 12.4 Å². The number of nitrogens with one attached hydrogen (secondary N) is 2. The molecular weight excluding hydrogens is 392 g/mol. The molecule has 7 nitrogen and oxygen atoms in total. The molecule has 29 heavy (non-hydrogen) atoms. The molecule has 0 fully saturated rings. The highest BCUT2D eigenvalue weighted by atomic mass is 32.1. The first kappa shape index (κ1) is 20.7. The third kappa shape index (κ3) is 5.08. The fraction of sp³-hybridized carbons (Fsp3) is 0.333. The van der Waals surface area contributed by atoms with Crippen molar-refractivity contribution < 1.29 is 23.9 Å². The van der Waals surface area contributed by atoms with Gasteiger partial charge in [-0.3, -0.25) is 14.4 Å². The minimum Gasteiger partial charge on any atom is -0.452 e. The van der Waals surface area contributed by atoms with Crippen LogP contribution in [0.1, 0.15) is 57.8 Å². The van der Waals surface area contributed by atoms with Gasteiger partial charge in [-0.2, -0.15) is 0 Å². The molecule has 152 valence electrons. The Morgan fingerprint density at radius 1 is 1.07 bits per heavy atom. The van der Waals surface area contributed by atoms with Crippen LogP contribution in [-0.2, 0) is 27.2 Å². The molecular formula is C21H22N2O5S. The van der Waals surface area contributed by atoms with Gasteiger partial charge >= 0.3 is 5.97 Å². The van der Waals surface area contributed by atoms with Gasteiger partial charge < -0.3 is 15.4 Å². The first-order valence-electron chi connectivity index (χ1n) is 9.35. The Morgan fingerprint density at radius 2 is 1.83 bits per heavy atom. The molecule has 0 unspecified atom stereocenters. The van der Waals surface area contributed by atoms with Crippen LogP contribution < -0.4 is 10.6 Å². The fourth-order valence-electron chi connectivity index (χ4n) is 3.25. The van der Waals surface area contributed by atoms with Crippen LogP contribution in [0.3, 0.4) is 0 Å². The summed E-state index contributed by atoms with van der Waals surface area (Å²) in [5.41, 5.74) is 2.19. The van der Waals surface area contributed by atoms with Gasteiger partial charge in [0.25, 0.3) is 5.91 Å². The number of Topliss-reactive ketones (excluding diaryl/α,β-unsaturated/α-hetero) is 1. The third-order valence-electron chi connectivity index (χ3n) is 4.55. The van der Waals surface area contributed by atoms with E-state index in [1.54, 1.807) is 24.3 Å². The molecule has 0 bridgehead atoms. The Balaban J connectivity index is 1.68. The SMILES string of the molecule is CC(=O)Nc1sc2c(c1C(=O)OCC(=O)Nc1cccc(C(C)=O)c1)CCCC2. The summed E-state index contributed by atoms with van der Waals surface area (Å²) >= 11 is 1.39. The first-order chi connectivity index (χ1) is 13.8. The molecule has 0 aliphatic heterocycles. The number of anilines is 2. The van der Waals surface area contributed by atoms with Crippen molar-refractivity contribution in [3.63, 3.8) is 0 Å². The number of hydrogen-bond donors (Lipinski definition) is 2. The summed E-state index contributed by atoms with van der Waals surface area (Å²) < 4.78 is 5.22. The van der Waals surface area contributed by atoms with E-state index in [1.807, 2.05) is 0 Å². The van der Waals surface area contributed by atoms with Crippen LogP contribution >= 0.6 is 11.3 Å². The largest absolute Gasteiger partial charge is 0.452 e. The maximum absolute atomic E-state index is 12.7. The molecule has 1 aliphatic carbocycles. The lowest BCUT2D eigenvalue weighted by molar-refractivity contribution is -0.119. The van der Waals surface area contributed by atoms with Gasteiger partial charge in [-0.1, -0.05) is 12.1 Å². The lowest BCUT2D eigenvalue weighted by Gasteiger charge is -2.13. The molecule has 2 aromatic rings. The van der Waals surface area contributed by atoms with Crippen molar-refractivity contribution in [2.75, 3.05) is 17.2 Å². The highest BCUT2D eigenvalue weighted by Gasteiger charge is 2.27. The van der Waals surface area contributed by atoms with E-state index < -0.39 is 18.5 Å². The zero-order valence-electron chi connectivity index (χ0n) is 16.3. The van der Waals surface area contributed by atoms with Crippen LogP contribution in [0.15, 0.2) is 24.3 Å². The predicted octanol–water partition coefficient (Wildman–Crippen LogP) is 3.58. The summed E-state index contributed by atoms with van der Waals surface area (Å²) in [5.74, 6) is -1.51. The number of aryl methyl sites for hydroxylation is 1. The molecule has 1 aromatic carbocycles. The Morgan fingerprint density at radius 3 is 2.55 bits per heavy atom. The second kappa shape index (κ2) is 9.00. The highest BCUT2D eigenvalue weighted by molar-refractivity contribution is 7.17. The normalized spacial score (nSPS) is 12.6. The van der Waals surface area contributed by atoms with Crippen LogP contribution in [0.25, 0.3) is 0 Å². The number of benzene rings is 1. The molecule has 0 radical (unpaired) electrons. The molecule has 1 aromatic heterocycles. The van der Waals surface area contributed by atoms with Crippen molar-refractivity contribution >= 4 is 45.6 Å². The van der Waals surface area contributed by atoms with Gasteiger partial charge in [-0.05, 0) is 50.3 Å². The number of ketones is 1. The number of carbonyl (C=O) groups is 4. The lowest BCUT2D eigenvalue weighted by atomic mass is 9.95. The Hall–Kier alpha value is -3.00. The standard InChI is InChI=1S/C21H22N2O5S/c1-12(24)14-6-5-7-15(10-14)23-18(26)11-28-21(27)19-16-8-3-4-9-17(16)29-20(19)22-13(2)25/h5-7,10H,3-4,8-9,11H2,1-2H3,(H,22,25)(H,23,26). The van der Waals surface area contributed by atoms with Crippen molar-refractivity contribution in [1.29, 1.82) is 0 Å². The van der Waals surface area contributed by atoms with E-state index in [4.69, 9.17) is 4.74 Å². The summed E-state index contributed by atoms with van der Waals surface area (Å²) in [4.78, 5) is 48.9. The van der Waals surface area contributed by atoms with Crippen molar-refractivity contribution in [1.82, 2.24) is 0 Å². The van der Waals surface area contributed by atoms with Gasteiger partial charge in [-0.15, -0.1) is 11.3 Å². The van der Waals surface area contributed by atoms with Crippen LogP contribution in [0.2, 0.25) is 0 Å². The van der Waals surface area contributed by atoms with Crippen LogP contribution in [0, 0.1) is 0 Å². The number of rotatable bonds is 6. The maximum Gasteiger partial charge on any atom is 0.341 e. The van der Waals surface area contributed by atoms with Crippen molar-refractivity contribution in [2.24, 2.45) is 0 Å². The fourth-order valence-corrected chi connectivity index (χ4v) is 4.57. The van der Waals surface area contributed by atoms with Crippen LogP contribution in [0.4, 0.5) is 10.7 Å². The second-order valence-corrected chi connectivity index (χ2v) is 7.96. The number of fused-ring (bicyclic) bond motifs is 1. The minimum absolute atomic E-state index is 0.111. The first-order valence-corrected chi connectivity index (χ1v) is 10.2. The molecule has 1 heterocycles. The van der Waals surface area contributed by atoms with E-state index in [-0.39, 0.29) is 11.7 Å². The number of hydrogen-bond acceptors (Lipinski definition) is 6. The van der Waals surface area contributed by atoms with E-state index >= 15 is 0 Å². The molecule has 2 amide bonds. The van der Waals surface area contributed by atoms with E-state index in [9.17, 15) is 19.2 Å². The topological polar surface area (TPSA) is 102 Å². The lowest BCUT2D eigenvalue weighted by Crippen LogP contribution is -2.22. The molecule has 3 rings (SSSR count). The molecule has 1 aliphatic rings.